The first-order chi connectivity index (χ1) is 6.90. The number of hydrazine groups is 1. The summed E-state index contributed by atoms with van der Waals surface area (Å²) in [5.74, 6) is 6.30. The molecule has 0 saturated heterocycles. The normalized spacial score (nSPS) is 15.5. The molecular weight excluding hydrogens is 176 g/mol. The lowest BCUT2D eigenvalue weighted by Crippen LogP contribution is -2.42. The summed E-state index contributed by atoms with van der Waals surface area (Å²) < 4.78 is 2.19. The molecule has 0 bridgehead atoms. The highest BCUT2D eigenvalue weighted by Crippen LogP contribution is 2.01. The zero-order chi connectivity index (χ0) is 9.80. The molecule has 1 aromatic carbocycles. The first-order valence-electron chi connectivity index (χ1n) is 4.76. The van der Waals surface area contributed by atoms with Gasteiger partial charge in [0.1, 0.15) is 0 Å². The van der Waals surface area contributed by atoms with Crippen molar-refractivity contribution < 1.29 is 4.58 Å². The first-order valence-corrected chi connectivity index (χ1v) is 4.76. The number of nitrogens with one attached hydrogen (secondary N) is 2. The summed E-state index contributed by atoms with van der Waals surface area (Å²) >= 11 is 0. The van der Waals surface area contributed by atoms with Crippen LogP contribution in [0.4, 0.5) is 0 Å². The molecule has 0 radical (unpaired) electrons. The summed E-state index contributed by atoms with van der Waals surface area (Å²) in [6.45, 7) is 2.84. The Morgan fingerprint density at radius 3 is 2.86 bits per heavy atom. The summed E-state index contributed by atoms with van der Waals surface area (Å²) in [5.41, 5.74) is 3.96. The van der Waals surface area contributed by atoms with E-state index in [0.717, 1.165) is 25.6 Å². The molecule has 2 rings (SSSR count). The van der Waals surface area contributed by atoms with E-state index < -0.39 is 0 Å². The third-order valence-corrected chi connectivity index (χ3v) is 2.34. The Labute approximate surface area is 83.4 Å². The molecule has 0 aliphatic carbocycles. The second-order valence-corrected chi connectivity index (χ2v) is 3.33. The number of guanidine groups is 1. The maximum absolute atomic E-state index is 5.39. The van der Waals surface area contributed by atoms with Crippen molar-refractivity contribution in [2.45, 2.75) is 6.54 Å². The number of nitrogens with two attached hydrogens (primary N) is 1. The Morgan fingerprint density at radius 2 is 2.14 bits per heavy atom. The number of hydrogen-bond donors (Lipinski definition) is 3. The minimum atomic E-state index is 0.896. The fraction of sp³-hybridized carbons (Fsp3) is 0.300. The van der Waals surface area contributed by atoms with E-state index >= 15 is 0 Å². The van der Waals surface area contributed by atoms with Gasteiger partial charge in [-0.1, -0.05) is 30.3 Å². The summed E-state index contributed by atoms with van der Waals surface area (Å²) in [6.07, 6.45) is 0. The molecule has 0 saturated carbocycles. The van der Waals surface area contributed by atoms with Crippen molar-refractivity contribution in [3.05, 3.63) is 35.9 Å². The SMILES string of the molecule is NNC1=[N+](Cc2ccccc2)CCN1. The monoisotopic (exact) mass is 191 g/mol. The van der Waals surface area contributed by atoms with Crippen molar-refractivity contribution in [2.75, 3.05) is 13.1 Å². The van der Waals surface area contributed by atoms with E-state index in [1.165, 1.54) is 5.56 Å². The van der Waals surface area contributed by atoms with E-state index in [1.807, 2.05) is 18.2 Å². The molecule has 14 heavy (non-hydrogen) atoms. The first kappa shape index (κ1) is 9.02. The lowest BCUT2D eigenvalue weighted by Gasteiger charge is -2.03. The fourth-order valence-corrected chi connectivity index (χ4v) is 1.64. The van der Waals surface area contributed by atoms with Crippen LogP contribution >= 0.6 is 0 Å². The van der Waals surface area contributed by atoms with Gasteiger partial charge in [-0.3, -0.25) is 9.89 Å². The average Bonchev–Trinajstić information content (AvgIpc) is 2.67. The van der Waals surface area contributed by atoms with Crippen LogP contribution < -0.4 is 16.6 Å². The van der Waals surface area contributed by atoms with Crippen LogP contribution in [0, 0.1) is 0 Å². The van der Waals surface area contributed by atoms with Gasteiger partial charge < -0.3 is 0 Å². The maximum atomic E-state index is 5.39. The lowest BCUT2D eigenvalue weighted by atomic mass is 10.2. The van der Waals surface area contributed by atoms with Crippen LogP contribution in [0.1, 0.15) is 5.56 Å². The second-order valence-electron chi connectivity index (χ2n) is 3.33. The zero-order valence-corrected chi connectivity index (χ0v) is 8.03. The summed E-state index contributed by atoms with van der Waals surface area (Å²) in [7, 11) is 0. The van der Waals surface area contributed by atoms with Gasteiger partial charge in [-0.15, -0.1) is 0 Å². The van der Waals surface area contributed by atoms with Gasteiger partial charge in [0, 0.05) is 0 Å². The van der Waals surface area contributed by atoms with Crippen LogP contribution in [0.15, 0.2) is 30.3 Å². The van der Waals surface area contributed by atoms with Crippen LogP contribution in [0.3, 0.4) is 0 Å². The Balaban J connectivity index is 2.11. The summed E-state index contributed by atoms with van der Waals surface area (Å²) in [5, 5.41) is 3.18. The predicted octanol–water partition coefficient (Wildman–Crippen LogP) is -0.378. The number of rotatable bonds is 2. The topological polar surface area (TPSA) is 53.1 Å². The summed E-state index contributed by atoms with van der Waals surface area (Å²) in [4.78, 5) is 0. The van der Waals surface area contributed by atoms with E-state index in [-0.39, 0.29) is 0 Å². The van der Waals surface area contributed by atoms with E-state index in [4.69, 9.17) is 5.84 Å². The predicted molar refractivity (Wildman–Crippen MR) is 55.6 cm³/mol. The molecule has 0 spiro atoms. The van der Waals surface area contributed by atoms with Crippen LogP contribution in [-0.2, 0) is 6.54 Å². The quantitative estimate of drug-likeness (QED) is 0.339. The molecule has 0 aromatic heterocycles. The Bertz CT molecular complexity index is 331. The average molecular weight is 191 g/mol. The molecule has 74 valence electrons. The van der Waals surface area contributed by atoms with Crippen molar-refractivity contribution in [1.29, 1.82) is 0 Å². The third kappa shape index (κ3) is 1.85. The molecule has 4 N–H and O–H groups in total. The molecule has 0 amide bonds. The lowest BCUT2D eigenvalue weighted by molar-refractivity contribution is -0.536. The molecule has 0 atom stereocenters. The molecular formula is C10H15N4+. The Kier molecular flexibility index (Phi) is 2.65. The highest BCUT2D eigenvalue weighted by molar-refractivity contribution is 5.74. The number of nitrogens with zero attached hydrogens (tertiary/aromatic N) is 1. The van der Waals surface area contributed by atoms with Crippen LogP contribution in [0.5, 0.6) is 0 Å². The van der Waals surface area contributed by atoms with Crippen molar-refractivity contribution in [1.82, 2.24) is 10.7 Å². The van der Waals surface area contributed by atoms with E-state index in [1.54, 1.807) is 0 Å². The van der Waals surface area contributed by atoms with Gasteiger partial charge >= 0.3 is 5.96 Å². The van der Waals surface area contributed by atoms with Gasteiger partial charge in [-0.25, -0.2) is 5.43 Å². The molecule has 1 aliphatic rings. The van der Waals surface area contributed by atoms with Crippen LogP contribution in [-0.4, -0.2) is 23.6 Å². The van der Waals surface area contributed by atoms with Crippen molar-refractivity contribution in [3.8, 4) is 0 Å². The number of hydrogen-bond acceptors (Lipinski definition) is 3. The molecule has 0 unspecified atom stereocenters. The van der Waals surface area contributed by atoms with Gasteiger partial charge in [0.05, 0.1) is 19.6 Å². The van der Waals surface area contributed by atoms with Crippen LogP contribution in [0.25, 0.3) is 0 Å². The minimum Gasteiger partial charge on any atom is -0.273 e. The van der Waals surface area contributed by atoms with Gasteiger partial charge in [0.15, 0.2) is 0 Å². The van der Waals surface area contributed by atoms with Crippen molar-refractivity contribution in [2.24, 2.45) is 5.84 Å². The standard InChI is InChI=1S/C10H14N4/c11-13-10-12-6-7-14(10)8-9-4-2-1-3-5-9/h1-5H,6-8,11H2,(H,12,13)/p+1. The number of benzene rings is 1. The molecule has 4 nitrogen and oxygen atoms in total. The van der Waals surface area contributed by atoms with Gasteiger partial charge in [-0.05, 0) is 5.56 Å². The van der Waals surface area contributed by atoms with Gasteiger partial charge in [-0.2, -0.15) is 5.84 Å². The largest absolute Gasteiger partial charge is 0.363 e. The fourth-order valence-electron chi connectivity index (χ4n) is 1.64. The summed E-state index contributed by atoms with van der Waals surface area (Å²) in [6, 6.07) is 10.4. The Hall–Kier alpha value is -1.55. The molecule has 1 heterocycles. The van der Waals surface area contributed by atoms with Gasteiger partial charge in [0.2, 0.25) is 0 Å². The maximum Gasteiger partial charge on any atom is 0.363 e. The minimum absolute atomic E-state index is 0.896. The second kappa shape index (κ2) is 4.11. The van der Waals surface area contributed by atoms with Gasteiger partial charge in [0.25, 0.3) is 0 Å². The molecule has 1 aromatic rings. The highest BCUT2D eigenvalue weighted by Gasteiger charge is 2.18. The van der Waals surface area contributed by atoms with Crippen LogP contribution in [0.2, 0.25) is 0 Å². The van der Waals surface area contributed by atoms with Crippen molar-refractivity contribution in [3.63, 3.8) is 0 Å². The smallest absolute Gasteiger partial charge is 0.273 e. The molecule has 1 aliphatic heterocycles. The van der Waals surface area contributed by atoms with Crippen molar-refractivity contribution >= 4 is 5.96 Å². The van der Waals surface area contributed by atoms with E-state index in [0.29, 0.717) is 0 Å². The van der Waals surface area contributed by atoms with E-state index in [2.05, 4.69) is 27.5 Å². The molecule has 4 heteroatoms. The zero-order valence-electron chi connectivity index (χ0n) is 8.03. The third-order valence-electron chi connectivity index (χ3n) is 2.34. The Morgan fingerprint density at radius 1 is 1.36 bits per heavy atom. The van der Waals surface area contributed by atoms with E-state index in [9.17, 15) is 0 Å². The molecule has 0 fully saturated rings. The highest BCUT2D eigenvalue weighted by atomic mass is 15.4.